The number of nitrogens with zero attached hydrogens (tertiary/aromatic N) is 2. The molecule has 7 heteroatoms. The number of hydrogen-bond donors (Lipinski definition) is 1. The lowest BCUT2D eigenvalue weighted by Crippen LogP contribution is -2.44. The second kappa shape index (κ2) is 6.60. The van der Waals surface area contributed by atoms with E-state index < -0.39 is 6.04 Å². The quantitative estimate of drug-likeness (QED) is 0.666. The van der Waals surface area contributed by atoms with E-state index in [1.54, 1.807) is 18.2 Å². The van der Waals surface area contributed by atoms with Crippen molar-refractivity contribution in [3.63, 3.8) is 0 Å². The zero-order valence-electron chi connectivity index (χ0n) is 16.4. The van der Waals surface area contributed by atoms with E-state index in [1.165, 1.54) is 15.8 Å². The summed E-state index contributed by atoms with van der Waals surface area (Å²) in [5.74, 6) is 0.867. The van der Waals surface area contributed by atoms with Gasteiger partial charge in [-0.1, -0.05) is 18.2 Å². The second-order valence-corrected chi connectivity index (χ2v) is 7.96. The van der Waals surface area contributed by atoms with Gasteiger partial charge in [0.1, 0.15) is 13.2 Å². The van der Waals surface area contributed by atoms with Crippen LogP contribution in [0.4, 0.5) is 5.69 Å². The molecule has 2 amide bonds. The summed E-state index contributed by atoms with van der Waals surface area (Å²) in [6, 6.07) is 13.1. The van der Waals surface area contributed by atoms with Gasteiger partial charge in [0, 0.05) is 35.8 Å². The Morgan fingerprint density at radius 3 is 2.73 bits per heavy atom. The molecule has 2 aromatic carbocycles. The zero-order valence-corrected chi connectivity index (χ0v) is 16.4. The molecule has 0 spiro atoms. The standard InChI is InChI=1S/C23H21N3O4/c27-22-12-19(23(28)26(22)14-5-6-20-21(11-14)30-10-9-29-20)25-8-7-16-15-3-1-2-4-17(15)24-18(16)13-25/h1-6,11,19,24H,7-10,12-13H2/t19-/m1/s1. The average molecular weight is 403 g/mol. The predicted molar refractivity (Wildman–Crippen MR) is 111 cm³/mol. The number of aromatic nitrogens is 1. The fraction of sp³-hybridized carbons (Fsp3) is 0.304. The Labute approximate surface area is 173 Å². The molecule has 1 aromatic heterocycles. The number of carbonyl (C=O) groups is 2. The third-order valence-corrected chi connectivity index (χ3v) is 6.26. The lowest BCUT2D eigenvalue weighted by atomic mass is 10.0. The van der Waals surface area contributed by atoms with Crippen LogP contribution in [0.2, 0.25) is 0 Å². The highest BCUT2D eigenvalue weighted by molar-refractivity contribution is 6.22. The Balaban J connectivity index is 1.27. The Bertz CT molecular complexity index is 1180. The first-order chi connectivity index (χ1) is 14.7. The first-order valence-electron chi connectivity index (χ1n) is 10.3. The van der Waals surface area contributed by atoms with Crippen LogP contribution in [0, 0.1) is 0 Å². The van der Waals surface area contributed by atoms with Gasteiger partial charge >= 0.3 is 0 Å². The highest BCUT2D eigenvalue weighted by atomic mass is 16.6. The number of nitrogens with one attached hydrogen (secondary N) is 1. The SMILES string of the molecule is O=C1C[C@@H](N2CCc3c([nH]c4ccccc34)C2)C(=O)N1c1ccc2c(c1)OCCO2. The van der Waals surface area contributed by atoms with Gasteiger partial charge in [0.2, 0.25) is 5.91 Å². The van der Waals surface area contributed by atoms with Gasteiger partial charge < -0.3 is 14.5 Å². The van der Waals surface area contributed by atoms with E-state index in [4.69, 9.17) is 9.47 Å². The maximum Gasteiger partial charge on any atom is 0.251 e. The first kappa shape index (κ1) is 17.5. The number of fused-ring (bicyclic) bond motifs is 4. The largest absolute Gasteiger partial charge is 0.486 e. The van der Waals surface area contributed by atoms with Gasteiger partial charge in [-0.25, -0.2) is 4.90 Å². The number of H-pyrrole nitrogens is 1. The molecule has 7 nitrogen and oxygen atoms in total. The number of anilines is 1. The summed E-state index contributed by atoms with van der Waals surface area (Å²) in [5.41, 5.74) is 4.12. The van der Waals surface area contributed by atoms with Crippen molar-refractivity contribution in [2.24, 2.45) is 0 Å². The maximum absolute atomic E-state index is 13.2. The van der Waals surface area contributed by atoms with Crippen molar-refractivity contribution in [2.75, 3.05) is 24.7 Å². The lowest BCUT2D eigenvalue weighted by Gasteiger charge is -2.31. The number of imide groups is 1. The number of amides is 2. The molecule has 30 heavy (non-hydrogen) atoms. The fourth-order valence-electron chi connectivity index (χ4n) is 4.82. The molecule has 1 N–H and O–H groups in total. The molecule has 3 aliphatic heterocycles. The predicted octanol–water partition coefficient (Wildman–Crippen LogP) is 2.63. The summed E-state index contributed by atoms with van der Waals surface area (Å²) >= 11 is 0. The molecule has 3 aliphatic rings. The van der Waals surface area contributed by atoms with Gasteiger partial charge in [-0.05, 0) is 30.2 Å². The third-order valence-electron chi connectivity index (χ3n) is 6.26. The van der Waals surface area contributed by atoms with E-state index in [0.29, 0.717) is 36.9 Å². The molecule has 152 valence electrons. The zero-order chi connectivity index (χ0) is 20.2. The molecular formula is C23H21N3O4. The molecule has 3 aromatic rings. The summed E-state index contributed by atoms with van der Waals surface area (Å²) in [7, 11) is 0. The summed E-state index contributed by atoms with van der Waals surface area (Å²) in [6.07, 6.45) is 1.06. The Hall–Kier alpha value is -3.32. The van der Waals surface area contributed by atoms with Crippen LogP contribution in [0.15, 0.2) is 42.5 Å². The Morgan fingerprint density at radius 2 is 1.83 bits per heavy atom. The summed E-state index contributed by atoms with van der Waals surface area (Å²) in [4.78, 5) is 32.9. The number of rotatable bonds is 2. The van der Waals surface area contributed by atoms with Gasteiger partial charge in [0.25, 0.3) is 5.91 Å². The summed E-state index contributed by atoms with van der Waals surface area (Å²) in [6.45, 7) is 2.36. The van der Waals surface area contributed by atoms with E-state index in [-0.39, 0.29) is 18.2 Å². The van der Waals surface area contributed by atoms with Crippen LogP contribution in [0.5, 0.6) is 11.5 Å². The van der Waals surface area contributed by atoms with E-state index in [9.17, 15) is 9.59 Å². The van der Waals surface area contributed by atoms with Crippen molar-refractivity contribution >= 4 is 28.4 Å². The molecule has 1 atom stereocenters. The minimum atomic E-state index is -0.440. The van der Waals surface area contributed by atoms with E-state index in [2.05, 4.69) is 22.0 Å². The highest BCUT2D eigenvalue weighted by Gasteiger charge is 2.44. The molecule has 6 rings (SSSR count). The molecule has 0 unspecified atom stereocenters. The molecule has 0 bridgehead atoms. The van der Waals surface area contributed by atoms with Crippen LogP contribution in [-0.4, -0.2) is 47.5 Å². The second-order valence-electron chi connectivity index (χ2n) is 7.96. The van der Waals surface area contributed by atoms with Crippen LogP contribution in [-0.2, 0) is 22.6 Å². The van der Waals surface area contributed by atoms with Crippen molar-refractivity contribution in [3.8, 4) is 11.5 Å². The minimum Gasteiger partial charge on any atom is -0.486 e. The van der Waals surface area contributed by atoms with Crippen LogP contribution in [0.1, 0.15) is 17.7 Å². The van der Waals surface area contributed by atoms with Crippen LogP contribution in [0.3, 0.4) is 0 Å². The van der Waals surface area contributed by atoms with E-state index >= 15 is 0 Å². The van der Waals surface area contributed by atoms with E-state index in [0.717, 1.165) is 24.2 Å². The third kappa shape index (κ3) is 2.62. The molecule has 1 fully saturated rings. The van der Waals surface area contributed by atoms with Crippen molar-refractivity contribution in [2.45, 2.75) is 25.4 Å². The van der Waals surface area contributed by atoms with E-state index in [1.807, 2.05) is 12.1 Å². The molecular weight excluding hydrogens is 382 g/mol. The Morgan fingerprint density at radius 1 is 1.00 bits per heavy atom. The van der Waals surface area contributed by atoms with Gasteiger partial charge in [0.05, 0.1) is 18.2 Å². The topological polar surface area (TPSA) is 74.9 Å². The number of para-hydroxylation sites is 1. The lowest BCUT2D eigenvalue weighted by molar-refractivity contribution is -0.123. The van der Waals surface area contributed by atoms with Gasteiger partial charge in [-0.2, -0.15) is 0 Å². The van der Waals surface area contributed by atoms with Crippen molar-refractivity contribution in [1.29, 1.82) is 0 Å². The fourth-order valence-corrected chi connectivity index (χ4v) is 4.82. The van der Waals surface area contributed by atoms with Gasteiger partial charge in [-0.3, -0.25) is 14.5 Å². The number of aromatic amines is 1. The van der Waals surface area contributed by atoms with Crippen LogP contribution >= 0.6 is 0 Å². The molecule has 0 aliphatic carbocycles. The smallest absolute Gasteiger partial charge is 0.251 e. The Kier molecular flexibility index (Phi) is 3.86. The summed E-state index contributed by atoms with van der Waals surface area (Å²) in [5, 5.41) is 1.25. The van der Waals surface area contributed by atoms with Crippen LogP contribution < -0.4 is 14.4 Å². The number of benzene rings is 2. The monoisotopic (exact) mass is 403 g/mol. The highest BCUT2D eigenvalue weighted by Crippen LogP contribution is 2.37. The molecule has 0 radical (unpaired) electrons. The number of carbonyl (C=O) groups excluding carboxylic acids is 2. The number of ether oxygens (including phenoxy) is 2. The molecule has 1 saturated heterocycles. The normalized spacial score (nSPS) is 21.3. The van der Waals surface area contributed by atoms with Gasteiger partial charge in [0.15, 0.2) is 11.5 Å². The molecule has 0 saturated carbocycles. The van der Waals surface area contributed by atoms with Crippen LogP contribution in [0.25, 0.3) is 10.9 Å². The van der Waals surface area contributed by atoms with Crippen molar-refractivity contribution in [3.05, 3.63) is 53.7 Å². The van der Waals surface area contributed by atoms with Gasteiger partial charge in [-0.15, -0.1) is 0 Å². The van der Waals surface area contributed by atoms with Crippen molar-refractivity contribution < 1.29 is 19.1 Å². The average Bonchev–Trinajstić information content (AvgIpc) is 3.29. The first-order valence-corrected chi connectivity index (χ1v) is 10.3. The summed E-state index contributed by atoms with van der Waals surface area (Å²) < 4.78 is 11.2. The minimum absolute atomic E-state index is 0.170. The number of hydrogen-bond acceptors (Lipinski definition) is 5. The molecule has 4 heterocycles. The van der Waals surface area contributed by atoms with Crippen molar-refractivity contribution in [1.82, 2.24) is 9.88 Å². The maximum atomic E-state index is 13.2.